The van der Waals surface area contributed by atoms with Gasteiger partial charge in [-0.25, -0.2) is 4.98 Å². The van der Waals surface area contributed by atoms with E-state index in [0.717, 1.165) is 12.0 Å². The molecule has 1 heterocycles. The van der Waals surface area contributed by atoms with Gasteiger partial charge in [-0.1, -0.05) is 37.3 Å². The molecule has 5 heteroatoms. The first-order valence-corrected chi connectivity index (χ1v) is 5.93. The van der Waals surface area contributed by atoms with Crippen molar-refractivity contribution < 1.29 is 4.74 Å². The second kappa shape index (κ2) is 6.07. The summed E-state index contributed by atoms with van der Waals surface area (Å²) in [7, 11) is 0. The number of benzene rings is 1. The molecule has 18 heavy (non-hydrogen) atoms. The summed E-state index contributed by atoms with van der Waals surface area (Å²) in [6.07, 6.45) is 0.964. The van der Waals surface area contributed by atoms with Crippen LogP contribution in [0.5, 0.6) is 0 Å². The molecule has 0 unspecified atom stereocenters. The summed E-state index contributed by atoms with van der Waals surface area (Å²) in [4.78, 5) is 12.5. The van der Waals surface area contributed by atoms with E-state index in [1.165, 1.54) is 0 Å². The maximum Gasteiger partial charge on any atom is 0.223 e. The van der Waals surface area contributed by atoms with E-state index in [4.69, 9.17) is 10.5 Å². The van der Waals surface area contributed by atoms with Crippen molar-refractivity contribution in [1.29, 1.82) is 0 Å². The van der Waals surface area contributed by atoms with Gasteiger partial charge < -0.3 is 10.5 Å². The summed E-state index contributed by atoms with van der Waals surface area (Å²) in [5.74, 6) is 1.37. The van der Waals surface area contributed by atoms with Gasteiger partial charge >= 0.3 is 0 Å². The van der Waals surface area contributed by atoms with Crippen molar-refractivity contribution in [2.24, 2.45) is 0 Å². The minimum Gasteiger partial charge on any atom is -0.373 e. The van der Waals surface area contributed by atoms with Crippen LogP contribution >= 0.6 is 0 Å². The Morgan fingerprint density at radius 2 is 1.89 bits per heavy atom. The smallest absolute Gasteiger partial charge is 0.223 e. The minimum atomic E-state index is 0.221. The van der Waals surface area contributed by atoms with Crippen LogP contribution in [0.15, 0.2) is 30.3 Å². The lowest BCUT2D eigenvalue weighted by atomic mass is 10.2. The molecule has 0 saturated carbocycles. The van der Waals surface area contributed by atoms with Crippen LogP contribution in [0.1, 0.15) is 19.2 Å². The molecule has 0 aliphatic carbocycles. The number of anilines is 1. The fourth-order valence-electron chi connectivity index (χ4n) is 1.53. The van der Waals surface area contributed by atoms with E-state index in [0.29, 0.717) is 24.9 Å². The molecule has 0 bridgehead atoms. The quantitative estimate of drug-likeness (QED) is 0.815. The molecule has 5 nitrogen and oxygen atoms in total. The molecular formula is C13H16N4O. The Bertz CT molecular complexity index is 502. The molecule has 0 aliphatic rings. The van der Waals surface area contributed by atoms with Crippen LogP contribution in [0.2, 0.25) is 0 Å². The van der Waals surface area contributed by atoms with Crippen molar-refractivity contribution in [3.05, 3.63) is 36.2 Å². The van der Waals surface area contributed by atoms with Crippen LogP contribution in [0, 0.1) is 0 Å². The Labute approximate surface area is 106 Å². The number of nitrogens with zero attached hydrogens (tertiary/aromatic N) is 3. The van der Waals surface area contributed by atoms with Gasteiger partial charge in [0, 0.05) is 12.2 Å². The van der Waals surface area contributed by atoms with Crippen molar-refractivity contribution in [3.63, 3.8) is 0 Å². The first-order valence-electron chi connectivity index (χ1n) is 5.93. The van der Waals surface area contributed by atoms with E-state index in [1.807, 2.05) is 30.3 Å². The van der Waals surface area contributed by atoms with Crippen LogP contribution in [-0.2, 0) is 11.3 Å². The third-order valence-electron chi connectivity index (χ3n) is 2.31. The monoisotopic (exact) mass is 244 g/mol. The number of hydrogen-bond acceptors (Lipinski definition) is 5. The summed E-state index contributed by atoms with van der Waals surface area (Å²) in [6, 6.07) is 9.68. The Hall–Kier alpha value is -2.01. The molecule has 2 aromatic rings. The second-order valence-corrected chi connectivity index (χ2v) is 3.85. The highest BCUT2D eigenvalue weighted by molar-refractivity contribution is 5.55. The Kier molecular flexibility index (Phi) is 4.20. The van der Waals surface area contributed by atoms with Gasteiger partial charge in [-0.3, -0.25) is 0 Å². The van der Waals surface area contributed by atoms with E-state index in [9.17, 15) is 0 Å². The largest absolute Gasteiger partial charge is 0.373 e. The number of ether oxygens (including phenoxy) is 1. The lowest BCUT2D eigenvalue weighted by molar-refractivity contribution is 0.116. The Morgan fingerprint density at radius 1 is 1.11 bits per heavy atom. The zero-order valence-corrected chi connectivity index (χ0v) is 10.3. The highest BCUT2D eigenvalue weighted by atomic mass is 16.5. The van der Waals surface area contributed by atoms with Crippen LogP contribution in [0.3, 0.4) is 0 Å². The minimum absolute atomic E-state index is 0.221. The summed E-state index contributed by atoms with van der Waals surface area (Å²) in [6.45, 7) is 3.10. The van der Waals surface area contributed by atoms with E-state index < -0.39 is 0 Å². The molecule has 2 rings (SSSR count). The zero-order chi connectivity index (χ0) is 12.8. The third kappa shape index (κ3) is 3.24. The maximum absolute atomic E-state index is 5.68. The second-order valence-electron chi connectivity index (χ2n) is 3.85. The standard InChI is InChI=1S/C13H16N4O/c1-2-8-18-9-11-15-12(17-13(14)16-11)10-6-4-3-5-7-10/h3-7H,2,8-9H2,1H3,(H2,14,15,16,17). The molecule has 1 aromatic carbocycles. The molecule has 0 radical (unpaired) electrons. The van der Waals surface area contributed by atoms with Crippen LogP contribution in [-0.4, -0.2) is 21.6 Å². The molecular weight excluding hydrogens is 228 g/mol. The van der Waals surface area contributed by atoms with Crippen molar-refractivity contribution in [3.8, 4) is 11.4 Å². The molecule has 0 saturated heterocycles. The lowest BCUT2D eigenvalue weighted by Gasteiger charge is -2.05. The van der Waals surface area contributed by atoms with E-state index in [2.05, 4.69) is 21.9 Å². The normalized spacial score (nSPS) is 10.5. The molecule has 0 spiro atoms. The summed E-state index contributed by atoms with van der Waals surface area (Å²) >= 11 is 0. The van der Waals surface area contributed by atoms with E-state index in [1.54, 1.807) is 0 Å². The summed E-state index contributed by atoms with van der Waals surface area (Å²) in [5, 5.41) is 0. The molecule has 0 aliphatic heterocycles. The predicted octanol–water partition coefficient (Wildman–Crippen LogP) is 2.05. The topological polar surface area (TPSA) is 73.9 Å². The summed E-state index contributed by atoms with van der Waals surface area (Å²) < 4.78 is 5.41. The molecule has 0 amide bonds. The first kappa shape index (κ1) is 12.4. The fraction of sp³-hybridized carbons (Fsp3) is 0.308. The number of rotatable bonds is 5. The SMILES string of the molecule is CCCOCc1nc(N)nc(-c2ccccc2)n1. The van der Waals surface area contributed by atoms with Crippen LogP contribution in [0.25, 0.3) is 11.4 Å². The van der Waals surface area contributed by atoms with Crippen molar-refractivity contribution in [2.75, 3.05) is 12.3 Å². The number of nitrogen functional groups attached to an aromatic ring is 1. The first-order chi connectivity index (χ1) is 8.79. The van der Waals surface area contributed by atoms with Gasteiger partial charge in [-0.2, -0.15) is 9.97 Å². The average Bonchev–Trinajstić information content (AvgIpc) is 2.39. The number of aromatic nitrogens is 3. The Morgan fingerprint density at radius 3 is 2.61 bits per heavy atom. The third-order valence-corrected chi connectivity index (χ3v) is 2.31. The molecule has 0 fully saturated rings. The molecule has 94 valence electrons. The average molecular weight is 244 g/mol. The van der Waals surface area contributed by atoms with E-state index >= 15 is 0 Å². The van der Waals surface area contributed by atoms with Gasteiger partial charge in [-0.15, -0.1) is 0 Å². The van der Waals surface area contributed by atoms with Gasteiger partial charge in [0.15, 0.2) is 11.6 Å². The van der Waals surface area contributed by atoms with Crippen molar-refractivity contribution >= 4 is 5.95 Å². The van der Waals surface area contributed by atoms with Gasteiger partial charge in [0.05, 0.1) is 0 Å². The Balaban J connectivity index is 2.21. The number of hydrogen-bond donors (Lipinski definition) is 1. The molecule has 0 atom stereocenters. The summed E-state index contributed by atoms with van der Waals surface area (Å²) in [5.41, 5.74) is 6.60. The van der Waals surface area contributed by atoms with Crippen LogP contribution < -0.4 is 5.73 Å². The highest BCUT2D eigenvalue weighted by Gasteiger charge is 2.06. The predicted molar refractivity (Wildman–Crippen MR) is 69.6 cm³/mol. The molecule has 2 N–H and O–H groups in total. The number of nitrogens with two attached hydrogens (primary N) is 1. The van der Waals surface area contributed by atoms with Gasteiger partial charge in [-0.05, 0) is 6.42 Å². The fourth-order valence-corrected chi connectivity index (χ4v) is 1.53. The maximum atomic E-state index is 5.68. The van der Waals surface area contributed by atoms with Gasteiger partial charge in [0.1, 0.15) is 6.61 Å². The zero-order valence-electron chi connectivity index (χ0n) is 10.3. The van der Waals surface area contributed by atoms with Gasteiger partial charge in [0.25, 0.3) is 0 Å². The van der Waals surface area contributed by atoms with E-state index in [-0.39, 0.29) is 5.95 Å². The van der Waals surface area contributed by atoms with Gasteiger partial charge in [0.2, 0.25) is 5.95 Å². The lowest BCUT2D eigenvalue weighted by Crippen LogP contribution is -2.06. The molecule has 1 aromatic heterocycles. The highest BCUT2D eigenvalue weighted by Crippen LogP contribution is 2.14. The van der Waals surface area contributed by atoms with Crippen molar-refractivity contribution in [2.45, 2.75) is 20.0 Å². The van der Waals surface area contributed by atoms with Crippen LogP contribution in [0.4, 0.5) is 5.95 Å². The van der Waals surface area contributed by atoms with Crippen molar-refractivity contribution in [1.82, 2.24) is 15.0 Å².